The second-order valence-corrected chi connectivity index (χ2v) is 10.1. The van der Waals surface area contributed by atoms with Crippen LogP contribution in [-0.4, -0.2) is 21.2 Å². The van der Waals surface area contributed by atoms with E-state index in [4.69, 9.17) is 4.52 Å². The van der Waals surface area contributed by atoms with Crippen LogP contribution in [0.1, 0.15) is 29.7 Å². The van der Waals surface area contributed by atoms with Gasteiger partial charge in [-0.15, -0.1) is 0 Å². The van der Waals surface area contributed by atoms with Gasteiger partial charge in [0.1, 0.15) is 17.2 Å². The number of anilines is 2. The van der Waals surface area contributed by atoms with Gasteiger partial charge in [-0.3, -0.25) is 4.79 Å². The lowest BCUT2D eigenvalue weighted by molar-refractivity contribution is -0.140. The summed E-state index contributed by atoms with van der Waals surface area (Å²) in [6, 6.07) is 25.3. The van der Waals surface area contributed by atoms with Crippen LogP contribution < -0.4 is 5.32 Å². The first-order chi connectivity index (χ1) is 19.7. The minimum Gasteiger partial charge on any atom is -0.481 e. The molecule has 0 spiro atoms. The molecule has 0 aliphatic heterocycles. The summed E-state index contributed by atoms with van der Waals surface area (Å²) in [7, 11) is 0. The molecular formula is C32H24F3N3O3. The highest BCUT2D eigenvalue weighted by Gasteiger charge is 2.52. The fraction of sp³-hybridized carbons (Fsp3) is 0.156. The summed E-state index contributed by atoms with van der Waals surface area (Å²) in [5.74, 6) is -0.205. The molecule has 9 heteroatoms. The summed E-state index contributed by atoms with van der Waals surface area (Å²) >= 11 is 0. The van der Waals surface area contributed by atoms with Crippen LogP contribution in [-0.2, 0) is 16.4 Å². The number of pyridine rings is 1. The van der Waals surface area contributed by atoms with Crippen molar-refractivity contribution in [1.82, 2.24) is 10.1 Å². The maximum Gasteiger partial charge on any atom is 0.417 e. The summed E-state index contributed by atoms with van der Waals surface area (Å²) in [5, 5.41) is 17.3. The molecule has 0 amide bonds. The van der Waals surface area contributed by atoms with E-state index in [1.54, 1.807) is 19.1 Å². The number of carbonyl (C=O) groups is 1. The average molecular weight is 556 g/mol. The van der Waals surface area contributed by atoms with Gasteiger partial charge in [-0.05, 0) is 60.7 Å². The predicted octanol–water partition coefficient (Wildman–Crippen LogP) is 8.26. The molecule has 0 unspecified atom stereocenters. The molecule has 5 aromatic rings. The summed E-state index contributed by atoms with van der Waals surface area (Å²) in [4.78, 5) is 16.6. The Hall–Kier alpha value is -4.92. The van der Waals surface area contributed by atoms with E-state index < -0.39 is 23.1 Å². The second-order valence-electron chi connectivity index (χ2n) is 10.1. The highest BCUT2D eigenvalue weighted by atomic mass is 19.4. The number of aromatic nitrogens is 2. The molecule has 1 aliphatic carbocycles. The molecule has 1 fully saturated rings. The van der Waals surface area contributed by atoms with E-state index in [2.05, 4.69) is 15.5 Å². The maximum atomic E-state index is 13.7. The van der Waals surface area contributed by atoms with Gasteiger partial charge in [0.05, 0.1) is 16.7 Å². The molecule has 1 saturated carbocycles. The molecule has 2 N–H and O–H groups in total. The zero-order valence-corrected chi connectivity index (χ0v) is 21.9. The van der Waals surface area contributed by atoms with Crippen LogP contribution in [0.15, 0.2) is 95.5 Å². The zero-order valence-electron chi connectivity index (χ0n) is 21.9. The molecule has 41 heavy (non-hydrogen) atoms. The number of hydrogen-bond donors (Lipinski definition) is 2. The number of benzene rings is 3. The number of aliphatic carboxylic acids is 1. The van der Waals surface area contributed by atoms with Crippen LogP contribution in [0, 0.1) is 6.92 Å². The number of nitrogens with one attached hydrogen (secondary N) is 1. The topological polar surface area (TPSA) is 88.2 Å². The first-order valence-corrected chi connectivity index (χ1v) is 13.0. The Balaban J connectivity index is 1.45. The first kappa shape index (κ1) is 26.3. The summed E-state index contributed by atoms with van der Waals surface area (Å²) < 4.78 is 46.8. The number of carboxylic acid groups (broad SMARTS) is 1. The Morgan fingerprint density at radius 1 is 0.902 bits per heavy atom. The van der Waals surface area contributed by atoms with Gasteiger partial charge in [-0.2, -0.15) is 13.2 Å². The van der Waals surface area contributed by atoms with Gasteiger partial charge in [0, 0.05) is 11.1 Å². The molecular weight excluding hydrogens is 531 g/mol. The van der Waals surface area contributed by atoms with Crippen molar-refractivity contribution in [3.8, 4) is 33.7 Å². The van der Waals surface area contributed by atoms with Crippen molar-refractivity contribution in [1.29, 1.82) is 0 Å². The van der Waals surface area contributed by atoms with Crippen LogP contribution >= 0.6 is 0 Å². The third-order valence-electron chi connectivity index (χ3n) is 7.43. The summed E-state index contributed by atoms with van der Waals surface area (Å²) in [5.41, 5.74) is 2.42. The Morgan fingerprint density at radius 3 is 2.34 bits per heavy atom. The van der Waals surface area contributed by atoms with Gasteiger partial charge >= 0.3 is 12.1 Å². The monoisotopic (exact) mass is 555 g/mol. The number of halogens is 3. The molecule has 2 aromatic heterocycles. The number of carboxylic acids is 1. The molecule has 0 radical (unpaired) electrons. The van der Waals surface area contributed by atoms with Crippen LogP contribution in [0.3, 0.4) is 0 Å². The molecule has 6 rings (SSSR count). The number of hydrogen-bond acceptors (Lipinski definition) is 5. The summed E-state index contributed by atoms with van der Waals surface area (Å²) in [6.45, 7) is 1.74. The van der Waals surface area contributed by atoms with Crippen LogP contribution in [0.4, 0.5) is 24.7 Å². The number of rotatable bonds is 7. The molecule has 0 bridgehead atoms. The molecule has 2 heterocycles. The van der Waals surface area contributed by atoms with Crippen molar-refractivity contribution in [3.63, 3.8) is 0 Å². The van der Waals surface area contributed by atoms with Gasteiger partial charge in [0.15, 0.2) is 5.76 Å². The van der Waals surface area contributed by atoms with Crippen LogP contribution in [0.2, 0.25) is 0 Å². The second kappa shape index (κ2) is 9.92. The maximum absolute atomic E-state index is 13.7. The Kier molecular flexibility index (Phi) is 6.37. The van der Waals surface area contributed by atoms with Crippen molar-refractivity contribution in [2.24, 2.45) is 0 Å². The number of aryl methyl sites for hydroxylation is 1. The highest BCUT2D eigenvalue weighted by molar-refractivity contribution is 5.91. The lowest BCUT2D eigenvalue weighted by atomic mass is 9.89. The molecule has 3 aromatic carbocycles. The normalized spacial score (nSPS) is 14.0. The van der Waals surface area contributed by atoms with E-state index in [1.165, 1.54) is 24.3 Å². The molecule has 6 nitrogen and oxygen atoms in total. The van der Waals surface area contributed by atoms with E-state index in [0.29, 0.717) is 46.9 Å². The van der Waals surface area contributed by atoms with Gasteiger partial charge in [0.2, 0.25) is 0 Å². The fourth-order valence-corrected chi connectivity index (χ4v) is 5.09. The molecule has 0 saturated heterocycles. The minimum atomic E-state index is -4.53. The van der Waals surface area contributed by atoms with E-state index in [9.17, 15) is 23.1 Å². The van der Waals surface area contributed by atoms with E-state index in [-0.39, 0.29) is 11.3 Å². The Labute approximate surface area is 233 Å². The third-order valence-corrected chi connectivity index (χ3v) is 7.43. The van der Waals surface area contributed by atoms with Gasteiger partial charge in [-0.1, -0.05) is 71.9 Å². The van der Waals surface area contributed by atoms with Crippen molar-refractivity contribution in [2.75, 3.05) is 5.32 Å². The Bertz CT molecular complexity index is 1760. The lowest BCUT2D eigenvalue weighted by Crippen LogP contribution is -2.19. The fourth-order valence-electron chi connectivity index (χ4n) is 5.09. The standard InChI is InChI=1S/C32H24F3N3O3/c1-19-28(37-27-13-7-12-26(36-27)23-10-5-6-11-25(23)32(33,34)35)29(41-38-19)24-18-21(31(16-17-31)30(39)40)14-15-22(24)20-8-3-2-4-9-20/h2-15,18H,16-17H2,1H3,(H,36,37)(H,39,40). The van der Waals surface area contributed by atoms with E-state index in [0.717, 1.165) is 17.2 Å². The zero-order chi connectivity index (χ0) is 28.8. The van der Waals surface area contributed by atoms with Crippen molar-refractivity contribution in [3.05, 3.63) is 108 Å². The Morgan fingerprint density at radius 2 is 1.63 bits per heavy atom. The van der Waals surface area contributed by atoms with Gasteiger partial charge < -0.3 is 14.9 Å². The first-order valence-electron chi connectivity index (χ1n) is 13.0. The third kappa shape index (κ3) is 4.84. The predicted molar refractivity (Wildman–Crippen MR) is 149 cm³/mol. The largest absolute Gasteiger partial charge is 0.481 e. The van der Waals surface area contributed by atoms with E-state index >= 15 is 0 Å². The highest BCUT2D eigenvalue weighted by Crippen LogP contribution is 2.51. The smallest absolute Gasteiger partial charge is 0.417 e. The quantitative estimate of drug-likeness (QED) is 0.210. The average Bonchev–Trinajstić information content (AvgIpc) is 3.72. The van der Waals surface area contributed by atoms with Crippen molar-refractivity contribution in [2.45, 2.75) is 31.4 Å². The minimum absolute atomic E-state index is 0.0339. The molecule has 206 valence electrons. The lowest BCUT2D eigenvalue weighted by Gasteiger charge is -2.16. The molecule has 0 atom stereocenters. The van der Waals surface area contributed by atoms with Gasteiger partial charge in [-0.25, -0.2) is 4.98 Å². The van der Waals surface area contributed by atoms with Crippen molar-refractivity contribution >= 4 is 17.5 Å². The van der Waals surface area contributed by atoms with Gasteiger partial charge in [0.25, 0.3) is 0 Å². The van der Waals surface area contributed by atoms with Crippen molar-refractivity contribution < 1.29 is 27.6 Å². The number of alkyl halides is 3. The van der Waals surface area contributed by atoms with Crippen LogP contribution in [0.5, 0.6) is 0 Å². The number of nitrogens with zero attached hydrogens (tertiary/aromatic N) is 2. The SMILES string of the molecule is Cc1noc(-c2cc(C3(C(=O)O)CC3)ccc2-c2ccccc2)c1Nc1cccc(-c2ccccc2C(F)(F)F)n1. The molecule has 1 aliphatic rings. The summed E-state index contributed by atoms with van der Waals surface area (Å²) in [6.07, 6.45) is -3.44. The van der Waals surface area contributed by atoms with E-state index in [1.807, 2.05) is 48.5 Å². The van der Waals surface area contributed by atoms with Crippen LogP contribution in [0.25, 0.3) is 33.7 Å².